The molecule has 1 atom stereocenters. The molecule has 2 fully saturated rings. The minimum Gasteiger partial charge on any atom is -0.303 e. The number of rotatable bonds is 2. The standard InChI is InChI=1S/C16H25N3O2S/c1-16(2)13-18(12-14-11-17(3)9-10-19(14)16)22(20,21)15-7-5-4-6-8-15/h4-8,14H,9-13H2,1-3H3/t14-/m0/s1. The van der Waals surface area contributed by atoms with Gasteiger partial charge in [-0.15, -0.1) is 0 Å². The van der Waals surface area contributed by atoms with Crippen molar-refractivity contribution in [2.75, 3.05) is 39.8 Å². The van der Waals surface area contributed by atoms with Crippen LogP contribution in [0.3, 0.4) is 0 Å². The minimum absolute atomic E-state index is 0.133. The van der Waals surface area contributed by atoms with Gasteiger partial charge in [0.15, 0.2) is 0 Å². The Labute approximate surface area is 133 Å². The predicted octanol–water partition coefficient (Wildman–Crippen LogP) is 1.09. The molecule has 0 bridgehead atoms. The summed E-state index contributed by atoms with van der Waals surface area (Å²) < 4.78 is 27.5. The number of piperazine rings is 2. The molecule has 2 aliphatic heterocycles. The van der Waals surface area contributed by atoms with E-state index in [1.165, 1.54) is 0 Å². The van der Waals surface area contributed by atoms with E-state index in [4.69, 9.17) is 0 Å². The summed E-state index contributed by atoms with van der Waals surface area (Å²) in [6, 6.07) is 9.03. The third kappa shape index (κ3) is 2.80. The van der Waals surface area contributed by atoms with E-state index in [2.05, 4.69) is 30.7 Å². The Morgan fingerprint density at radius 1 is 1.09 bits per heavy atom. The summed E-state index contributed by atoms with van der Waals surface area (Å²) in [4.78, 5) is 5.16. The molecule has 0 aliphatic carbocycles. The first kappa shape index (κ1) is 15.9. The minimum atomic E-state index is -3.41. The highest BCUT2D eigenvalue weighted by atomic mass is 32.2. The molecule has 6 heteroatoms. The maximum Gasteiger partial charge on any atom is 0.243 e. The van der Waals surface area contributed by atoms with Crippen LogP contribution in [0.5, 0.6) is 0 Å². The summed E-state index contributed by atoms with van der Waals surface area (Å²) in [6.07, 6.45) is 0. The van der Waals surface area contributed by atoms with E-state index in [9.17, 15) is 8.42 Å². The van der Waals surface area contributed by atoms with Crippen molar-refractivity contribution in [1.82, 2.24) is 14.1 Å². The molecule has 1 aromatic carbocycles. The zero-order chi connectivity index (χ0) is 16.0. The van der Waals surface area contributed by atoms with Crippen LogP contribution in [0.4, 0.5) is 0 Å². The number of sulfonamides is 1. The van der Waals surface area contributed by atoms with E-state index in [1.54, 1.807) is 28.6 Å². The first-order valence-electron chi connectivity index (χ1n) is 7.81. The molecule has 3 rings (SSSR count). The summed E-state index contributed by atoms with van der Waals surface area (Å²) in [6.45, 7) is 8.40. The molecule has 22 heavy (non-hydrogen) atoms. The van der Waals surface area contributed by atoms with E-state index in [1.807, 2.05) is 6.07 Å². The van der Waals surface area contributed by atoms with Crippen molar-refractivity contribution in [3.05, 3.63) is 30.3 Å². The molecule has 2 saturated heterocycles. The predicted molar refractivity (Wildman–Crippen MR) is 87.3 cm³/mol. The SMILES string of the molecule is CN1CCN2[C@@H](C1)CN(S(=O)(=O)c1ccccc1)CC2(C)C. The number of fused-ring (bicyclic) bond motifs is 1. The summed E-state index contributed by atoms with van der Waals surface area (Å²) in [5.41, 5.74) is -0.133. The van der Waals surface area contributed by atoms with Crippen LogP contribution in [0.15, 0.2) is 35.2 Å². The zero-order valence-electron chi connectivity index (χ0n) is 13.6. The maximum atomic E-state index is 12.9. The van der Waals surface area contributed by atoms with Gasteiger partial charge in [-0.1, -0.05) is 18.2 Å². The summed E-state index contributed by atoms with van der Waals surface area (Å²) in [5, 5.41) is 0. The van der Waals surface area contributed by atoms with Crippen molar-refractivity contribution < 1.29 is 8.42 Å². The van der Waals surface area contributed by atoms with Crippen LogP contribution in [0.1, 0.15) is 13.8 Å². The van der Waals surface area contributed by atoms with Crippen LogP contribution < -0.4 is 0 Å². The van der Waals surface area contributed by atoms with Crippen LogP contribution in [0.2, 0.25) is 0 Å². The first-order chi connectivity index (χ1) is 10.3. The highest BCUT2D eigenvalue weighted by Gasteiger charge is 2.45. The van der Waals surface area contributed by atoms with Crippen molar-refractivity contribution in [2.45, 2.75) is 30.3 Å². The lowest BCUT2D eigenvalue weighted by Crippen LogP contribution is -2.69. The fraction of sp³-hybridized carbons (Fsp3) is 0.625. The first-order valence-corrected chi connectivity index (χ1v) is 9.25. The largest absolute Gasteiger partial charge is 0.303 e. The molecule has 2 heterocycles. The van der Waals surface area contributed by atoms with E-state index in [-0.39, 0.29) is 11.6 Å². The van der Waals surface area contributed by atoms with Crippen molar-refractivity contribution in [3.8, 4) is 0 Å². The lowest BCUT2D eigenvalue weighted by atomic mass is 9.94. The van der Waals surface area contributed by atoms with E-state index in [0.29, 0.717) is 18.0 Å². The van der Waals surface area contributed by atoms with Gasteiger partial charge in [-0.2, -0.15) is 4.31 Å². The summed E-state index contributed by atoms with van der Waals surface area (Å²) >= 11 is 0. The normalized spacial score (nSPS) is 27.5. The zero-order valence-corrected chi connectivity index (χ0v) is 14.4. The Balaban J connectivity index is 1.90. The van der Waals surface area contributed by atoms with Gasteiger partial charge in [0, 0.05) is 44.3 Å². The molecule has 1 aromatic rings. The quantitative estimate of drug-likeness (QED) is 0.817. The van der Waals surface area contributed by atoms with Crippen LogP contribution in [0.25, 0.3) is 0 Å². The van der Waals surface area contributed by atoms with Crippen LogP contribution >= 0.6 is 0 Å². The van der Waals surface area contributed by atoms with Crippen molar-refractivity contribution in [2.24, 2.45) is 0 Å². The van der Waals surface area contributed by atoms with E-state index >= 15 is 0 Å². The Morgan fingerprint density at radius 2 is 1.77 bits per heavy atom. The number of hydrogen-bond donors (Lipinski definition) is 0. The number of benzene rings is 1. The second kappa shape index (κ2) is 5.60. The van der Waals surface area contributed by atoms with Gasteiger partial charge >= 0.3 is 0 Å². The molecule has 2 aliphatic rings. The van der Waals surface area contributed by atoms with Crippen molar-refractivity contribution in [1.29, 1.82) is 0 Å². The van der Waals surface area contributed by atoms with Crippen LogP contribution in [0, 0.1) is 0 Å². The molecule has 0 aromatic heterocycles. The second-order valence-corrected chi connectivity index (χ2v) is 8.97. The van der Waals surface area contributed by atoms with Crippen molar-refractivity contribution in [3.63, 3.8) is 0 Å². The van der Waals surface area contributed by atoms with Crippen molar-refractivity contribution >= 4 is 10.0 Å². The van der Waals surface area contributed by atoms with Crippen LogP contribution in [-0.4, -0.2) is 73.9 Å². The number of nitrogens with zero attached hydrogens (tertiary/aromatic N) is 3. The van der Waals surface area contributed by atoms with Gasteiger partial charge in [-0.25, -0.2) is 8.42 Å². The molecule has 0 spiro atoms. The molecule has 0 N–H and O–H groups in total. The molecular weight excluding hydrogens is 298 g/mol. The molecule has 0 amide bonds. The molecule has 0 saturated carbocycles. The van der Waals surface area contributed by atoms with Gasteiger partial charge < -0.3 is 4.90 Å². The van der Waals surface area contributed by atoms with Gasteiger partial charge in [0.25, 0.3) is 0 Å². The van der Waals surface area contributed by atoms with Gasteiger partial charge in [-0.3, -0.25) is 4.90 Å². The van der Waals surface area contributed by atoms with E-state index < -0.39 is 10.0 Å². The lowest BCUT2D eigenvalue weighted by Gasteiger charge is -2.54. The van der Waals surface area contributed by atoms with Gasteiger partial charge in [0.2, 0.25) is 10.0 Å². The van der Waals surface area contributed by atoms with E-state index in [0.717, 1.165) is 19.6 Å². The number of hydrogen-bond acceptors (Lipinski definition) is 4. The average Bonchev–Trinajstić information content (AvgIpc) is 2.46. The highest BCUT2D eigenvalue weighted by Crippen LogP contribution is 2.30. The summed E-state index contributed by atoms with van der Waals surface area (Å²) in [7, 11) is -1.31. The molecule has 0 unspecified atom stereocenters. The third-order valence-electron chi connectivity index (χ3n) is 4.82. The third-order valence-corrected chi connectivity index (χ3v) is 6.65. The molecule has 5 nitrogen and oxygen atoms in total. The van der Waals surface area contributed by atoms with Gasteiger partial charge in [0.1, 0.15) is 0 Å². The fourth-order valence-electron chi connectivity index (χ4n) is 3.71. The Bertz CT molecular complexity index is 630. The van der Waals surface area contributed by atoms with Gasteiger partial charge in [-0.05, 0) is 33.0 Å². The smallest absolute Gasteiger partial charge is 0.243 e. The number of likely N-dealkylation sites (N-methyl/N-ethyl adjacent to an activating group) is 1. The second-order valence-electron chi connectivity index (χ2n) is 7.03. The Hall–Kier alpha value is -0.950. The molecule has 122 valence electrons. The van der Waals surface area contributed by atoms with Gasteiger partial charge in [0.05, 0.1) is 4.90 Å². The lowest BCUT2D eigenvalue weighted by molar-refractivity contribution is -0.0374. The highest BCUT2D eigenvalue weighted by molar-refractivity contribution is 7.89. The molecular formula is C16H25N3O2S. The summed E-state index contributed by atoms with van der Waals surface area (Å²) in [5.74, 6) is 0. The Kier molecular flexibility index (Phi) is 4.05. The average molecular weight is 323 g/mol. The molecule has 0 radical (unpaired) electrons. The van der Waals surface area contributed by atoms with Crippen LogP contribution in [-0.2, 0) is 10.0 Å². The fourth-order valence-corrected chi connectivity index (χ4v) is 5.36. The Morgan fingerprint density at radius 3 is 2.45 bits per heavy atom. The monoisotopic (exact) mass is 323 g/mol. The maximum absolute atomic E-state index is 12.9. The topological polar surface area (TPSA) is 43.9 Å².